The molecule has 1 aromatic carbocycles. The van der Waals surface area contributed by atoms with Crippen LogP contribution in [0.3, 0.4) is 0 Å². The maximum atomic E-state index is 13.0. The van der Waals surface area contributed by atoms with Crippen LogP contribution in [-0.2, 0) is 20.4 Å². The molecule has 4 atom stereocenters. The van der Waals surface area contributed by atoms with Crippen LogP contribution in [0.5, 0.6) is 0 Å². The number of aliphatic hydroxyl groups is 2. The van der Waals surface area contributed by atoms with Crippen LogP contribution in [0.4, 0.5) is 0 Å². The van der Waals surface area contributed by atoms with Crippen LogP contribution in [0.15, 0.2) is 58.4 Å². The Kier molecular flexibility index (Phi) is 6.75. The first-order valence-electron chi connectivity index (χ1n) is 9.68. The van der Waals surface area contributed by atoms with Crippen LogP contribution in [0, 0.1) is 0 Å². The summed E-state index contributed by atoms with van der Waals surface area (Å²) in [7, 11) is -4.83. The SMILES string of the molecule is O=c1ccn([C@@H]2O[C@H](COP(=O)(O)O)C(O)C2O)c(=O)n1Cc1ncc(-c2ccccc2)s1. The molecule has 1 aliphatic rings. The molecule has 0 radical (unpaired) electrons. The van der Waals surface area contributed by atoms with Crippen molar-refractivity contribution in [3.63, 3.8) is 0 Å². The van der Waals surface area contributed by atoms with E-state index in [0.717, 1.165) is 31.8 Å². The molecular formula is C19H20N3O9PS. The lowest BCUT2D eigenvalue weighted by Crippen LogP contribution is -2.43. The van der Waals surface area contributed by atoms with Crippen LogP contribution in [-0.4, -0.2) is 59.0 Å². The third-order valence-electron chi connectivity index (χ3n) is 5.02. The number of phosphoric ester groups is 1. The molecule has 33 heavy (non-hydrogen) atoms. The molecule has 4 rings (SSSR count). The average molecular weight is 497 g/mol. The van der Waals surface area contributed by atoms with Gasteiger partial charge in [0.25, 0.3) is 5.56 Å². The number of hydrogen-bond donors (Lipinski definition) is 4. The number of benzene rings is 1. The molecule has 0 aliphatic carbocycles. The van der Waals surface area contributed by atoms with Gasteiger partial charge in [-0.15, -0.1) is 11.3 Å². The first kappa shape index (κ1) is 23.7. The zero-order valence-electron chi connectivity index (χ0n) is 16.9. The van der Waals surface area contributed by atoms with Gasteiger partial charge in [-0.2, -0.15) is 0 Å². The Labute approximate surface area is 190 Å². The molecule has 0 saturated carbocycles. The Hall–Kier alpha value is -2.48. The highest BCUT2D eigenvalue weighted by molar-refractivity contribution is 7.46. The molecule has 3 aromatic rings. The number of thiazole rings is 1. The Morgan fingerprint density at radius 2 is 1.85 bits per heavy atom. The van der Waals surface area contributed by atoms with Crippen LogP contribution in [0.2, 0.25) is 0 Å². The summed E-state index contributed by atoms with van der Waals surface area (Å²) in [4.78, 5) is 48.2. The van der Waals surface area contributed by atoms with Gasteiger partial charge in [-0.25, -0.2) is 14.3 Å². The maximum absolute atomic E-state index is 13.0. The van der Waals surface area contributed by atoms with Crippen molar-refractivity contribution in [3.05, 3.63) is 74.6 Å². The van der Waals surface area contributed by atoms with E-state index in [4.69, 9.17) is 14.5 Å². The van der Waals surface area contributed by atoms with E-state index in [1.807, 2.05) is 30.3 Å². The summed E-state index contributed by atoms with van der Waals surface area (Å²) in [5.41, 5.74) is -0.465. The minimum atomic E-state index is -4.83. The zero-order valence-corrected chi connectivity index (χ0v) is 18.6. The fraction of sp³-hybridized carbons (Fsp3) is 0.316. The molecule has 14 heteroatoms. The number of hydrogen-bond acceptors (Lipinski definition) is 9. The largest absolute Gasteiger partial charge is 0.469 e. The molecule has 4 N–H and O–H groups in total. The van der Waals surface area contributed by atoms with E-state index in [9.17, 15) is 24.4 Å². The highest BCUT2D eigenvalue weighted by Crippen LogP contribution is 2.38. The second-order valence-electron chi connectivity index (χ2n) is 7.25. The Morgan fingerprint density at radius 1 is 1.12 bits per heavy atom. The first-order chi connectivity index (χ1) is 15.6. The molecule has 0 spiro atoms. The van der Waals surface area contributed by atoms with Gasteiger partial charge in [-0.1, -0.05) is 30.3 Å². The van der Waals surface area contributed by atoms with E-state index in [0.29, 0.717) is 5.01 Å². The van der Waals surface area contributed by atoms with E-state index < -0.39 is 50.2 Å². The van der Waals surface area contributed by atoms with E-state index in [1.54, 1.807) is 6.20 Å². The monoisotopic (exact) mass is 497 g/mol. The van der Waals surface area contributed by atoms with Gasteiger partial charge in [0.1, 0.15) is 23.3 Å². The minimum absolute atomic E-state index is 0.119. The van der Waals surface area contributed by atoms with Crippen molar-refractivity contribution in [2.24, 2.45) is 0 Å². The third-order valence-corrected chi connectivity index (χ3v) is 6.54. The highest BCUT2D eigenvalue weighted by Gasteiger charge is 2.45. The number of aromatic nitrogens is 3. The Balaban J connectivity index is 1.58. The predicted octanol–water partition coefficient (Wildman–Crippen LogP) is -0.0897. The van der Waals surface area contributed by atoms with E-state index in [-0.39, 0.29) is 6.54 Å². The summed E-state index contributed by atoms with van der Waals surface area (Å²) in [6.45, 7) is -0.832. The van der Waals surface area contributed by atoms with Crippen molar-refractivity contribution in [1.82, 2.24) is 14.1 Å². The van der Waals surface area contributed by atoms with E-state index in [2.05, 4.69) is 9.51 Å². The Bertz CT molecular complexity index is 1290. The lowest BCUT2D eigenvalue weighted by Gasteiger charge is -2.18. The normalized spacial score (nSPS) is 23.2. The summed E-state index contributed by atoms with van der Waals surface area (Å²) in [5, 5.41) is 21.0. The fourth-order valence-corrected chi connectivity index (χ4v) is 4.65. The topological polar surface area (TPSA) is 173 Å². The molecule has 1 saturated heterocycles. The fourth-order valence-electron chi connectivity index (χ4n) is 3.39. The van der Waals surface area contributed by atoms with Gasteiger partial charge >= 0.3 is 13.5 Å². The molecule has 176 valence electrons. The van der Waals surface area contributed by atoms with E-state index >= 15 is 0 Å². The van der Waals surface area contributed by atoms with Crippen molar-refractivity contribution in [3.8, 4) is 10.4 Å². The number of ether oxygens (including phenoxy) is 1. The second kappa shape index (κ2) is 9.41. The van der Waals surface area contributed by atoms with Crippen molar-refractivity contribution in [2.45, 2.75) is 31.1 Å². The van der Waals surface area contributed by atoms with Gasteiger partial charge in [-0.05, 0) is 5.56 Å². The van der Waals surface area contributed by atoms with Crippen molar-refractivity contribution < 1.29 is 33.8 Å². The van der Waals surface area contributed by atoms with Crippen molar-refractivity contribution >= 4 is 19.2 Å². The van der Waals surface area contributed by atoms with Gasteiger partial charge in [0, 0.05) is 18.5 Å². The van der Waals surface area contributed by atoms with Crippen LogP contribution in [0.1, 0.15) is 11.2 Å². The van der Waals surface area contributed by atoms with Gasteiger partial charge < -0.3 is 24.7 Å². The van der Waals surface area contributed by atoms with Crippen LogP contribution in [0.25, 0.3) is 10.4 Å². The van der Waals surface area contributed by atoms with Crippen molar-refractivity contribution in [1.29, 1.82) is 0 Å². The third kappa shape index (κ3) is 5.21. The molecule has 12 nitrogen and oxygen atoms in total. The molecule has 0 bridgehead atoms. The van der Waals surface area contributed by atoms with Gasteiger partial charge in [0.15, 0.2) is 6.23 Å². The van der Waals surface area contributed by atoms with Gasteiger partial charge in [0.2, 0.25) is 0 Å². The van der Waals surface area contributed by atoms with Crippen LogP contribution < -0.4 is 11.2 Å². The van der Waals surface area contributed by atoms with Crippen molar-refractivity contribution in [2.75, 3.05) is 6.61 Å². The number of aliphatic hydroxyl groups excluding tert-OH is 2. The standard InChI is InChI=1S/C19H20N3O9PS/c23-15-6-7-21(18-17(25)16(24)12(31-18)10-30-32(27,28)29)19(26)22(15)9-14-20-8-13(33-14)11-4-2-1-3-5-11/h1-8,12,16-18,24-25H,9-10H2,(H2,27,28,29)/t12-,16?,17?,18-/m1/s1. The second-order valence-corrected chi connectivity index (χ2v) is 9.60. The minimum Gasteiger partial charge on any atom is -0.387 e. The lowest BCUT2D eigenvalue weighted by molar-refractivity contribution is -0.0548. The molecule has 1 fully saturated rings. The van der Waals surface area contributed by atoms with Crippen LogP contribution >= 0.6 is 19.2 Å². The zero-order chi connectivity index (χ0) is 23.8. The molecule has 0 amide bonds. The smallest absolute Gasteiger partial charge is 0.387 e. The molecular weight excluding hydrogens is 477 g/mol. The molecule has 1 aliphatic heterocycles. The first-order valence-corrected chi connectivity index (χ1v) is 12.0. The lowest BCUT2D eigenvalue weighted by atomic mass is 10.1. The molecule has 2 aromatic heterocycles. The summed E-state index contributed by atoms with van der Waals surface area (Å²) < 4.78 is 22.5. The highest BCUT2D eigenvalue weighted by atomic mass is 32.1. The summed E-state index contributed by atoms with van der Waals surface area (Å²) in [5.74, 6) is 0. The quantitative estimate of drug-likeness (QED) is 0.323. The Morgan fingerprint density at radius 3 is 2.55 bits per heavy atom. The maximum Gasteiger partial charge on any atom is 0.469 e. The summed E-state index contributed by atoms with van der Waals surface area (Å²) in [6.07, 6.45) is -3.14. The summed E-state index contributed by atoms with van der Waals surface area (Å²) >= 11 is 1.32. The number of phosphoric acid groups is 1. The van der Waals surface area contributed by atoms with Gasteiger partial charge in [0.05, 0.1) is 18.0 Å². The summed E-state index contributed by atoms with van der Waals surface area (Å²) in [6, 6.07) is 10.6. The number of rotatable bonds is 7. The number of nitrogens with zero attached hydrogens (tertiary/aromatic N) is 3. The average Bonchev–Trinajstić information content (AvgIpc) is 3.35. The molecule has 3 heterocycles. The van der Waals surface area contributed by atoms with Gasteiger partial charge in [-0.3, -0.25) is 18.5 Å². The molecule has 2 unspecified atom stereocenters. The predicted molar refractivity (Wildman–Crippen MR) is 116 cm³/mol. The van der Waals surface area contributed by atoms with E-state index in [1.165, 1.54) is 11.3 Å².